The molecule has 6 heteroatoms. The van der Waals surface area contributed by atoms with Crippen LogP contribution in [0, 0.1) is 0 Å². The van der Waals surface area contributed by atoms with Gasteiger partial charge in [0, 0.05) is 18.6 Å². The van der Waals surface area contributed by atoms with E-state index in [4.69, 9.17) is 25.8 Å². The van der Waals surface area contributed by atoms with Crippen molar-refractivity contribution in [2.45, 2.75) is 44.6 Å². The molecular weight excluding hydrogens is 378 g/mol. The number of carbonyl (C=O) groups is 1. The fourth-order valence-corrected chi connectivity index (χ4v) is 3.80. The summed E-state index contributed by atoms with van der Waals surface area (Å²) < 4.78 is 17.1. The maximum absolute atomic E-state index is 12.4. The quantitative estimate of drug-likeness (QED) is 0.739. The van der Waals surface area contributed by atoms with Gasteiger partial charge in [-0.25, -0.2) is 0 Å². The first kappa shape index (κ1) is 18.9. The van der Waals surface area contributed by atoms with Crippen LogP contribution in [0.15, 0.2) is 36.4 Å². The van der Waals surface area contributed by atoms with Gasteiger partial charge in [-0.15, -0.1) is 0 Å². The van der Waals surface area contributed by atoms with Crippen molar-refractivity contribution in [3.8, 4) is 17.2 Å². The van der Waals surface area contributed by atoms with E-state index >= 15 is 0 Å². The van der Waals surface area contributed by atoms with E-state index in [1.165, 1.54) is 12.8 Å². The Morgan fingerprint density at radius 1 is 1.11 bits per heavy atom. The van der Waals surface area contributed by atoms with Gasteiger partial charge in [0.2, 0.25) is 5.91 Å². The van der Waals surface area contributed by atoms with E-state index in [9.17, 15) is 4.79 Å². The lowest BCUT2D eigenvalue weighted by Crippen LogP contribution is -2.17. The lowest BCUT2D eigenvalue weighted by Gasteiger charge is -2.20. The second-order valence-electron chi connectivity index (χ2n) is 7.20. The molecule has 1 amide bonds. The van der Waals surface area contributed by atoms with E-state index in [0.717, 1.165) is 24.2 Å². The second kappa shape index (κ2) is 8.74. The highest BCUT2D eigenvalue weighted by Crippen LogP contribution is 2.38. The summed E-state index contributed by atoms with van der Waals surface area (Å²) >= 11 is 6.26. The van der Waals surface area contributed by atoms with Gasteiger partial charge in [0.1, 0.15) is 19.0 Å². The molecule has 1 N–H and O–H groups in total. The Balaban J connectivity index is 1.33. The largest absolute Gasteiger partial charge is 0.490 e. The summed E-state index contributed by atoms with van der Waals surface area (Å²) in [6.07, 6.45) is 6.06. The molecule has 1 aliphatic heterocycles. The third-order valence-corrected chi connectivity index (χ3v) is 5.36. The van der Waals surface area contributed by atoms with Crippen LogP contribution in [0.25, 0.3) is 0 Å². The highest BCUT2D eigenvalue weighted by Gasteiger charge is 2.18. The number of anilines is 1. The van der Waals surface area contributed by atoms with Crippen molar-refractivity contribution < 1.29 is 19.0 Å². The van der Waals surface area contributed by atoms with Gasteiger partial charge in [-0.05, 0) is 49.8 Å². The lowest BCUT2D eigenvalue weighted by molar-refractivity contribution is -0.116. The predicted molar refractivity (Wildman–Crippen MR) is 109 cm³/mol. The van der Waals surface area contributed by atoms with Crippen LogP contribution < -0.4 is 19.5 Å². The Kier molecular flexibility index (Phi) is 5.91. The first-order valence-corrected chi connectivity index (χ1v) is 10.2. The average Bonchev–Trinajstić information content (AvgIpc) is 3.20. The molecule has 5 nitrogen and oxygen atoms in total. The minimum Gasteiger partial charge on any atom is -0.490 e. The Morgan fingerprint density at radius 2 is 1.86 bits per heavy atom. The molecule has 1 aliphatic carbocycles. The van der Waals surface area contributed by atoms with E-state index in [0.29, 0.717) is 54.4 Å². The van der Waals surface area contributed by atoms with Gasteiger partial charge >= 0.3 is 0 Å². The van der Waals surface area contributed by atoms with E-state index < -0.39 is 0 Å². The minimum atomic E-state index is -0.0966. The summed E-state index contributed by atoms with van der Waals surface area (Å²) in [5, 5.41) is 3.30. The number of halogens is 1. The van der Waals surface area contributed by atoms with Crippen molar-refractivity contribution in [2.24, 2.45) is 0 Å². The highest BCUT2D eigenvalue weighted by molar-refractivity contribution is 6.34. The molecule has 0 unspecified atom stereocenters. The molecule has 148 valence electrons. The molecule has 0 spiro atoms. The van der Waals surface area contributed by atoms with Crippen molar-refractivity contribution in [3.05, 3.63) is 47.0 Å². The first-order chi connectivity index (χ1) is 13.7. The molecule has 0 atom stereocenters. The topological polar surface area (TPSA) is 56.8 Å². The Labute approximate surface area is 169 Å². The van der Waals surface area contributed by atoms with Crippen LogP contribution in [0.1, 0.15) is 37.7 Å². The summed E-state index contributed by atoms with van der Waals surface area (Å²) in [6.45, 7) is 0.986. The van der Waals surface area contributed by atoms with Crippen LogP contribution >= 0.6 is 11.6 Å². The number of amides is 1. The molecule has 2 aliphatic rings. The standard InChI is InChI=1S/C22H24ClNO4/c23-18-13-20-21(27-11-10-26-20)14-19(18)24-22(25)9-8-15-4-3-7-17(12-15)28-16-5-1-2-6-16/h3-4,7,12-14,16H,1-2,5-6,8-11H2,(H,24,25). The van der Waals surface area contributed by atoms with Crippen molar-refractivity contribution >= 4 is 23.2 Å². The van der Waals surface area contributed by atoms with Crippen LogP contribution in [-0.4, -0.2) is 25.2 Å². The summed E-state index contributed by atoms with van der Waals surface area (Å²) in [6, 6.07) is 11.4. The molecule has 2 aromatic rings. The molecule has 0 bridgehead atoms. The third-order valence-electron chi connectivity index (χ3n) is 5.05. The monoisotopic (exact) mass is 401 g/mol. The predicted octanol–water partition coefficient (Wildman–Crippen LogP) is 5.00. The van der Waals surface area contributed by atoms with Gasteiger partial charge in [0.05, 0.1) is 16.8 Å². The zero-order valence-electron chi connectivity index (χ0n) is 15.7. The van der Waals surface area contributed by atoms with Crippen molar-refractivity contribution in [1.82, 2.24) is 0 Å². The molecule has 0 radical (unpaired) electrons. The van der Waals surface area contributed by atoms with Gasteiger partial charge in [-0.1, -0.05) is 23.7 Å². The number of hydrogen-bond acceptors (Lipinski definition) is 4. The number of ether oxygens (including phenoxy) is 3. The number of benzene rings is 2. The van der Waals surface area contributed by atoms with Crippen LogP contribution in [0.5, 0.6) is 17.2 Å². The van der Waals surface area contributed by atoms with E-state index in [-0.39, 0.29) is 5.91 Å². The summed E-state index contributed by atoms with van der Waals surface area (Å²) in [7, 11) is 0. The van der Waals surface area contributed by atoms with Crippen LogP contribution in [0.4, 0.5) is 5.69 Å². The van der Waals surface area contributed by atoms with Crippen LogP contribution in [0.3, 0.4) is 0 Å². The molecule has 0 saturated heterocycles. The second-order valence-corrected chi connectivity index (χ2v) is 7.60. The van der Waals surface area contributed by atoms with Crippen LogP contribution in [-0.2, 0) is 11.2 Å². The molecule has 1 heterocycles. The van der Waals surface area contributed by atoms with E-state index in [1.807, 2.05) is 24.3 Å². The molecule has 0 aromatic heterocycles. The molecule has 4 rings (SSSR count). The van der Waals surface area contributed by atoms with Gasteiger partial charge in [0.15, 0.2) is 11.5 Å². The maximum atomic E-state index is 12.4. The number of carbonyl (C=O) groups excluding carboxylic acids is 1. The number of fused-ring (bicyclic) bond motifs is 1. The van der Waals surface area contributed by atoms with Gasteiger partial charge in [0.25, 0.3) is 0 Å². The summed E-state index contributed by atoms with van der Waals surface area (Å²) in [4.78, 5) is 12.4. The molecule has 2 aromatic carbocycles. The Bertz CT molecular complexity index is 848. The highest BCUT2D eigenvalue weighted by atomic mass is 35.5. The smallest absolute Gasteiger partial charge is 0.224 e. The lowest BCUT2D eigenvalue weighted by atomic mass is 10.1. The number of hydrogen-bond donors (Lipinski definition) is 1. The third kappa shape index (κ3) is 4.71. The van der Waals surface area contributed by atoms with Crippen molar-refractivity contribution in [2.75, 3.05) is 18.5 Å². The Hall–Kier alpha value is -2.40. The fraction of sp³-hybridized carbons (Fsp3) is 0.409. The number of nitrogens with one attached hydrogen (secondary N) is 1. The Morgan fingerprint density at radius 3 is 2.64 bits per heavy atom. The fourth-order valence-electron chi connectivity index (χ4n) is 3.60. The number of rotatable bonds is 6. The van der Waals surface area contributed by atoms with Gasteiger partial charge in [-0.2, -0.15) is 0 Å². The average molecular weight is 402 g/mol. The minimum absolute atomic E-state index is 0.0966. The zero-order chi connectivity index (χ0) is 19.3. The maximum Gasteiger partial charge on any atom is 0.224 e. The zero-order valence-corrected chi connectivity index (χ0v) is 16.5. The summed E-state index contributed by atoms with van der Waals surface area (Å²) in [5.41, 5.74) is 1.62. The van der Waals surface area contributed by atoms with Gasteiger partial charge < -0.3 is 19.5 Å². The van der Waals surface area contributed by atoms with E-state index in [2.05, 4.69) is 5.32 Å². The number of aryl methyl sites for hydroxylation is 1. The molecule has 1 fully saturated rings. The normalized spacial score (nSPS) is 16.0. The molecular formula is C22H24ClNO4. The van der Waals surface area contributed by atoms with E-state index in [1.54, 1.807) is 12.1 Å². The van der Waals surface area contributed by atoms with Gasteiger partial charge in [-0.3, -0.25) is 4.79 Å². The molecule has 1 saturated carbocycles. The summed E-state index contributed by atoms with van der Waals surface area (Å²) in [5.74, 6) is 2.00. The van der Waals surface area contributed by atoms with Crippen LogP contribution in [0.2, 0.25) is 5.02 Å². The SMILES string of the molecule is O=C(CCc1cccc(OC2CCCC2)c1)Nc1cc2c(cc1Cl)OCCO2. The van der Waals surface area contributed by atoms with Crippen molar-refractivity contribution in [3.63, 3.8) is 0 Å². The molecule has 28 heavy (non-hydrogen) atoms. The van der Waals surface area contributed by atoms with Crippen molar-refractivity contribution in [1.29, 1.82) is 0 Å². The first-order valence-electron chi connectivity index (χ1n) is 9.82.